The molecule has 106 valence electrons. The molecule has 0 fully saturated rings. The fourth-order valence-corrected chi connectivity index (χ4v) is 2.42. The zero-order valence-electron chi connectivity index (χ0n) is 10.4. The molecule has 7 heteroatoms. The first-order chi connectivity index (χ1) is 8.95. The topological polar surface area (TPSA) is 81.4 Å². The molecular formula is C12H17FN2O3S. The Kier molecular flexibility index (Phi) is 5.94. The molecule has 0 aliphatic carbocycles. The number of nitrogens with one attached hydrogen (secondary N) is 1. The van der Waals surface area contributed by atoms with Crippen molar-refractivity contribution in [1.29, 1.82) is 0 Å². The van der Waals surface area contributed by atoms with E-state index < -0.39 is 15.8 Å². The fraction of sp³-hybridized carbons (Fsp3) is 0.333. The van der Waals surface area contributed by atoms with Gasteiger partial charge in [-0.15, -0.1) is 6.58 Å². The van der Waals surface area contributed by atoms with Gasteiger partial charge in [-0.1, -0.05) is 6.08 Å². The summed E-state index contributed by atoms with van der Waals surface area (Å²) in [6.45, 7) is 4.36. The van der Waals surface area contributed by atoms with Gasteiger partial charge in [0.05, 0.1) is 18.1 Å². The van der Waals surface area contributed by atoms with E-state index in [1.807, 2.05) is 0 Å². The Balaban J connectivity index is 2.53. The quantitative estimate of drug-likeness (QED) is 0.429. The van der Waals surface area contributed by atoms with Crippen molar-refractivity contribution in [2.24, 2.45) is 0 Å². The van der Waals surface area contributed by atoms with Crippen molar-refractivity contribution in [1.82, 2.24) is 4.72 Å². The van der Waals surface area contributed by atoms with Gasteiger partial charge in [0.15, 0.2) is 0 Å². The minimum absolute atomic E-state index is 0.0580. The maximum atomic E-state index is 13.1. The number of rotatable bonds is 8. The van der Waals surface area contributed by atoms with E-state index in [0.717, 1.165) is 12.1 Å². The molecule has 0 spiro atoms. The standard InChI is InChI=1S/C12H17FN2O3S/c1-2-3-5-18-6-4-15-19(16,17)12-8-10(13)7-11(14)9-12/h2,7-9,15H,1,3-6,14H2. The van der Waals surface area contributed by atoms with Crippen molar-refractivity contribution in [2.45, 2.75) is 11.3 Å². The fourth-order valence-electron chi connectivity index (χ4n) is 1.34. The van der Waals surface area contributed by atoms with E-state index in [9.17, 15) is 12.8 Å². The molecule has 1 aromatic rings. The van der Waals surface area contributed by atoms with Crippen LogP contribution in [0.25, 0.3) is 0 Å². The summed E-state index contributed by atoms with van der Waals surface area (Å²) in [5.74, 6) is -0.692. The molecule has 0 aromatic heterocycles. The van der Waals surface area contributed by atoms with Gasteiger partial charge < -0.3 is 10.5 Å². The molecule has 0 aliphatic rings. The average molecular weight is 288 g/mol. The number of ether oxygens (including phenoxy) is 1. The Labute approximate surface area is 112 Å². The Bertz CT molecular complexity index is 512. The van der Waals surface area contributed by atoms with E-state index in [-0.39, 0.29) is 23.7 Å². The molecule has 1 rings (SSSR count). The molecule has 0 saturated heterocycles. The third-order valence-corrected chi connectivity index (χ3v) is 3.65. The van der Waals surface area contributed by atoms with Crippen LogP contribution in [-0.2, 0) is 14.8 Å². The van der Waals surface area contributed by atoms with Crippen LogP contribution in [-0.4, -0.2) is 28.2 Å². The number of hydrogen-bond donors (Lipinski definition) is 2. The smallest absolute Gasteiger partial charge is 0.240 e. The third-order valence-electron chi connectivity index (χ3n) is 2.21. The molecule has 5 nitrogen and oxygen atoms in total. The van der Waals surface area contributed by atoms with Crippen LogP contribution in [0, 0.1) is 5.82 Å². The third kappa shape index (κ3) is 5.37. The van der Waals surface area contributed by atoms with Crippen molar-refractivity contribution in [3.05, 3.63) is 36.7 Å². The second-order valence-corrected chi connectivity index (χ2v) is 5.57. The molecule has 0 atom stereocenters. The summed E-state index contributed by atoms with van der Waals surface area (Å²) in [5.41, 5.74) is 5.46. The predicted octanol–water partition coefficient (Wildman–Crippen LogP) is 1.28. The Morgan fingerprint density at radius 3 is 2.74 bits per heavy atom. The molecule has 0 aliphatic heterocycles. The number of anilines is 1. The number of nitrogens with two attached hydrogens (primary N) is 1. The molecular weight excluding hydrogens is 271 g/mol. The monoisotopic (exact) mass is 288 g/mol. The highest BCUT2D eigenvalue weighted by atomic mass is 32.2. The lowest BCUT2D eigenvalue weighted by atomic mass is 10.3. The molecule has 0 bridgehead atoms. The molecule has 1 aromatic carbocycles. The molecule has 0 amide bonds. The van der Waals surface area contributed by atoms with Gasteiger partial charge >= 0.3 is 0 Å². The number of halogens is 1. The molecule has 3 N–H and O–H groups in total. The van der Waals surface area contributed by atoms with Crippen molar-refractivity contribution >= 4 is 15.7 Å². The summed E-state index contributed by atoms with van der Waals surface area (Å²) < 4.78 is 44.2. The lowest BCUT2D eigenvalue weighted by Gasteiger charge is -2.08. The largest absolute Gasteiger partial charge is 0.399 e. The highest BCUT2D eigenvalue weighted by molar-refractivity contribution is 7.89. The van der Waals surface area contributed by atoms with Crippen LogP contribution < -0.4 is 10.5 Å². The van der Waals surface area contributed by atoms with Crippen molar-refractivity contribution in [3.8, 4) is 0 Å². The van der Waals surface area contributed by atoms with E-state index in [1.54, 1.807) is 6.08 Å². The van der Waals surface area contributed by atoms with Gasteiger partial charge in [0, 0.05) is 12.2 Å². The Morgan fingerprint density at radius 1 is 1.37 bits per heavy atom. The molecule has 19 heavy (non-hydrogen) atoms. The van der Waals surface area contributed by atoms with Crippen LogP contribution in [0.5, 0.6) is 0 Å². The molecule has 0 unspecified atom stereocenters. The average Bonchev–Trinajstić information content (AvgIpc) is 2.32. The van der Waals surface area contributed by atoms with E-state index >= 15 is 0 Å². The van der Waals surface area contributed by atoms with Gasteiger partial charge in [0.1, 0.15) is 5.82 Å². The van der Waals surface area contributed by atoms with Crippen molar-refractivity contribution < 1.29 is 17.5 Å². The van der Waals surface area contributed by atoms with E-state index in [0.29, 0.717) is 13.0 Å². The first kappa shape index (κ1) is 15.6. The lowest BCUT2D eigenvalue weighted by molar-refractivity contribution is 0.144. The lowest BCUT2D eigenvalue weighted by Crippen LogP contribution is -2.27. The first-order valence-corrected chi connectivity index (χ1v) is 7.18. The Hall–Kier alpha value is -1.44. The van der Waals surface area contributed by atoms with Gasteiger partial charge in [-0.05, 0) is 24.6 Å². The highest BCUT2D eigenvalue weighted by Gasteiger charge is 2.14. The summed E-state index contributed by atoms with van der Waals surface area (Å²) in [6, 6.07) is 3.17. The van der Waals surface area contributed by atoms with Crippen LogP contribution in [0.2, 0.25) is 0 Å². The van der Waals surface area contributed by atoms with Gasteiger partial charge in [0.2, 0.25) is 10.0 Å². The van der Waals surface area contributed by atoms with E-state index in [2.05, 4.69) is 11.3 Å². The summed E-state index contributed by atoms with van der Waals surface area (Å²) in [7, 11) is -3.77. The van der Waals surface area contributed by atoms with Crippen LogP contribution in [0.1, 0.15) is 6.42 Å². The van der Waals surface area contributed by atoms with Gasteiger partial charge in [-0.2, -0.15) is 0 Å². The number of benzene rings is 1. The maximum Gasteiger partial charge on any atom is 0.240 e. The Morgan fingerprint density at radius 2 is 2.11 bits per heavy atom. The minimum atomic E-state index is -3.77. The SMILES string of the molecule is C=CCCOCCNS(=O)(=O)c1cc(N)cc(F)c1. The zero-order valence-corrected chi connectivity index (χ0v) is 11.2. The molecule has 0 heterocycles. The van der Waals surface area contributed by atoms with Crippen LogP contribution in [0.3, 0.4) is 0 Å². The van der Waals surface area contributed by atoms with Gasteiger partial charge in [0.25, 0.3) is 0 Å². The minimum Gasteiger partial charge on any atom is -0.399 e. The van der Waals surface area contributed by atoms with Crippen LogP contribution in [0.15, 0.2) is 35.7 Å². The van der Waals surface area contributed by atoms with E-state index in [1.165, 1.54) is 6.07 Å². The van der Waals surface area contributed by atoms with Gasteiger partial charge in [-0.25, -0.2) is 17.5 Å². The normalized spacial score (nSPS) is 11.4. The van der Waals surface area contributed by atoms with Crippen LogP contribution >= 0.6 is 0 Å². The van der Waals surface area contributed by atoms with Crippen molar-refractivity contribution in [3.63, 3.8) is 0 Å². The second-order valence-electron chi connectivity index (χ2n) is 3.81. The molecule has 0 radical (unpaired) electrons. The zero-order chi connectivity index (χ0) is 14.3. The molecule has 0 saturated carbocycles. The second kappa shape index (κ2) is 7.22. The first-order valence-electron chi connectivity index (χ1n) is 5.70. The number of sulfonamides is 1. The summed E-state index contributed by atoms with van der Waals surface area (Å²) >= 11 is 0. The summed E-state index contributed by atoms with van der Waals surface area (Å²) in [6.07, 6.45) is 2.41. The number of nitrogen functional groups attached to an aromatic ring is 1. The number of hydrogen-bond acceptors (Lipinski definition) is 4. The van der Waals surface area contributed by atoms with Crippen molar-refractivity contribution in [2.75, 3.05) is 25.5 Å². The maximum absolute atomic E-state index is 13.1. The van der Waals surface area contributed by atoms with E-state index in [4.69, 9.17) is 10.5 Å². The summed E-state index contributed by atoms with van der Waals surface area (Å²) in [4.78, 5) is -0.198. The predicted molar refractivity (Wildman–Crippen MR) is 71.6 cm³/mol. The summed E-state index contributed by atoms with van der Waals surface area (Å²) in [5, 5.41) is 0. The van der Waals surface area contributed by atoms with Gasteiger partial charge in [-0.3, -0.25) is 0 Å². The highest BCUT2D eigenvalue weighted by Crippen LogP contribution is 2.15. The van der Waals surface area contributed by atoms with Crippen LogP contribution in [0.4, 0.5) is 10.1 Å².